The summed E-state index contributed by atoms with van der Waals surface area (Å²) in [6, 6.07) is 10.9. The van der Waals surface area contributed by atoms with E-state index in [9.17, 15) is 4.79 Å². The van der Waals surface area contributed by atoms with Crippen LogP contribution in [0.1, 0.15) is 24.4 Å². The van der Waals surface area contributed by atoms with E-state index >= 15 is 0 Å². The number of nitrogens with one attached hydrogen (secondary N) is 1. The number of ether oxygens (including phenoxy) is 4. The molecular weight excluding hydrogens is 348 g/mol. The molecule has 1 fully saturated rings. The topological polar surface area (TPSA) is 69.3 Å². The summed E-state index contributed by atoms with van der Waals surface area (Å²) in [7, 11) is 3.25. The summed E-state index contributed by atoms with van der Waals surface area (Å²) >= 11 is 0. The molecule has 7 nitrogen and oxygen atoms in total. The molecule has 27 heavy (non-hydrogen) atoms. The average molecular weight is 370 g/mol. The van der Waals surface area contributed by atoms with Gasteiger partial charge in [-0.15, -0.1) is 0 Å². The number of likely N-dealkylation sites (tertiary alicyclic amines) is 1. The number of benzene rings is 2. The van der Waals surface area contributed by atoms with Gasteiger partial charge in [-0.25, -0.2) is 4.79 Å². The third-order valence-corrected chi connectivity index (χ3v) is 4.94. The first-order valence-electron chi connectivity index (χ1n) is 8.89. The number of hydrogen-bond donors (Lipinski definition) is 1. The lowest BCUT2D eigenvalue weighted by molar-refractivity contribution is 0.174. The lowest BCUT2D eigenvalue weighted by atomic mass is 10.0. The minimum Gasteiger partial charge on any atom is -0.497 e. The molecule has 2 aliphatic heterocycles. The van der Waals surface area contributed by atoms with Gasteiger partial charge in [0.1, 0.15) is 11.5 Å². The van der Waals surface area contributed by atoms with Crippen molar-refractivity contribution < 1.29 is 23.7 Å². The smallest absolute Gasteiger partial charge is 0.322 e. The number of urea groups is 1. The van der Waals surface area contributed by atoms with Gasteiger partial charge in [0, 0.05) is 29.9 Å². The van der Waals surface area contributed by atoms with Crippen LogP contribution in [0.15, 0.2) is 36.4 Å². The van der Waals surface area contributed by atoms with Crippen LogP contribution < -0.4 is 24.3 Å². The van der Waals surface area contributed by atoms with Crippen molar-refractivity contribution in [2.75, 3.05) is 32.9 Å². The van der Waals surface area contributed by atoms with E-state index in [1.165, 1.54) is 0 Å². The number of amides is 2. The van der Waals surface area contributed by atoms with Crippen LogP contribution in [0.4, 0.5) is 10.5 Å². The van der Waals surface area contributed by atoms with Gasteiger partial charge in [-0.1, -0.05) is 0 Å². The second-order valence-electron chi connectivity index (χ2n) is 6.46. The quantitative estimate of drug-likeness (QED) is 0.886. The predicted molar refractivity (Wildman–Crippen MR) is 99.8 cm³/mol. The monoisotopic (exact) mass is 370 g/mol. The third-order valence-electron chi connectivity index (χ3n) is 4.94. The summed E-state index contributed by atoms with van der Waals surface area (Å²) in [6.07, 6.45) is 1.83. The normalized spacial score (nSPS) is 17.7. The Balaban J connectivity index is 1.53. The Morgan fingerprint density at radius 3 is 2.78 bits per heavy atom. The molecule has 1 saturated heterocycles. The first kappa shape index (κ1) is 17.3. The number of hydrogen-bond acceptors (Lipinski definition) is 5. The first-order chi connectivity index (χ1) is 13.2. The van der Waals surface area contributed by atoms with Gasteiger partial charge in [-0.05, 0) is 37.1 Å². The molecule has 0 aromatic heterocycles. The van der Waals surface area contributed by atoms with Gasteiger partial charge in [-0.3, -0.25) is 0 Å². The molecule has 2 heterocycles. The summed E-state index contributed by atoms with van der Waals surface area (Å²) in [4.78, 5) is 14.7. The van der Waals surface area contributed by atoms with Gasteiger partial charge in [-0.2, -0.15) is 0 Å². The number of carbonyl (C=O) groups excluding carboxylic acids is 1. The molecule has 1 atom stereocenters. The molecule has 0 radical (unpaired) electrons. The highest BCUT2D eigenvalue weighted by Crippen LogP contribution is 2.39. The summed E-state index contributed by atoms with van der Waals surface area (Å²) in [5.41, 5.74) is 1.66. The van der Waals surface area contributed by atoms with Gasteiger partial charge in [0.25, 0.3) is 0 Å². The Morgan fingerprint density at radius 1 is 1.11 bits per heavy atom. The SMILES string of the molecule is COc1ccc(C2CCCN2C(=O)Nc2ccc3c(c2)OCO3)c(OC)c1. The highest BCUT2D eigenvalue weighted by Gasteiger charge is 2.32. The van der Waals surface area contributed by atoms with Crippen molar-refractivity contribution in [1.29, 1.82) is 0 Å². The summed E-state index contributed by atoms with van der Waals surface area (Å²) in [6.45, 7) is 0.897. The average Bonchev–Trinajstić information content (AvgIpc) is 3.36. The van der Waals surface area contributed by atoms with E-state index in [2.05, 4.69) is 5.32 Å². The second kappa shape index (κ2) is 7.26. The van der Waals surface area contributed by atoms with Gasteiger partial charge < -0.3 is 29.2 Å². The van der Waals surface area contributed by atoms with Gasteiger partial charge in [0.05, 0.1) is 20.3 Å². The number of fused-ring (bicyclic) bond motifs is 1. The third kappa shape index (κ3) is 3.32. The molecule has 7 heteroatoms. The van der Waals surface area contributed by atoms with E-state index in [0.29, 0.717) is 23.7 Å². The lowest BCUT2D eigenvalue weighted by Gasteiger charge is -2.26. The van der Waals surface area contributed by atoms with Crippen molar-refractivity contribution in [3.05, 3.63) is 42.0 Å². The molecule has 142 valence electrons. The Hall–Kier alpha value is -3.09. The van der Waals surface area contributed by atoms with Crippen LogP contribution in [0.3, 0.4) is 0 Å². The van der Waals surface area contributed by atoms with Crippen LogP contribution in [-0.2, 0) is 0 Å². The minimum atomic E-state index is -0.144. The number of methoxy groups -OCH3 is 2. The van der Waals surface area contributed by atoms with Crippen molar-refractivity contribution in [1.82, 2.24) is 4.90 Å². The zero-order valence-electron chi connectivity index (χ0n) is 15.4. The van der Waals surface area contributed by atoms with E-state index in [4.69, 9.17) is 18.9 Å². The van der Waals surface area contributed by atoms with Crippen molar-refractivity contribution >= 4 is 11.7 Å². The maximum Gasteiger partial charge on any atom is 0.322 e. The maximum atomic E-state index is 12.9. The van der Waals surface area contributed by atoms with Crippen molar-refractivity contribution in [2.24, 2.45) is 0 Å². The number of nitrogens with zero attached hydrogens (tertiary/aromatic N) is 1. The number of anilines is 1. The van der Waals surface area contributed by atoms with Crippen molar-refractivity contribution in [2.45, 2.75) is 18.9 Å². The summed E-state index contributed by atoms with van der Waals surface area (Å²) in [5.74, 6) is 2.78. The fraction of sp³-hybridized carbons (Fsp3) is 0.350. The van der Waals surface area contributed by atoms with Crippen LogP contribution in [0.2, 0.25) is 0 Å². The van der Waals surface area contributed by atoms with Crippen LogP contribution in [0.5, 0.6) is 23.0 Å². The van der Waals surface area contributed by atoms with Gasteiger partial charge in [0.15, 0.2) is 11.5 Å². The Labute approximate surface area is 157 Å². The zero-order valence-corrected chi connectivity index (χ0v) is 15.4. The Bertz CT molecular complexity index is 854. The van der Waals surface area contributed by atoms with Crippen molar-refractivity contribution in [3.8, 4) is 23.0 Å². The molecule has 0 bridgehead atoms. The van der Waals surface area contributed by atoms with Crippen LogP contribution in [-0.4, -0.2) is 38.5 Å². The van der Waals surface area contributed by atoms with Gasteiger partial charge in [0.2, 0.25) is 6.79 Å². The predicted octanol–water partition coefficient (Wildman–Crippen LogP) is 3.80. The molecule has 1 unspecified atom stereocenters. The Kier molecular flexibility index (Phi) is 4.66. The molecule has 1 N–H and O–H groups in total. The van der Waals surface area contributed by atoms with Crippen LogP contribution in [0, 0.1) is 0 Å². The fourth-order valence-electron chi connectivity index (χ4n) is 3.60. The molecule has 0 spiro atoms. The van der Waals surface area contributed by atoms with Crippen LogP contribution >= 0.6 is 0 Å². The van der Waals surface area contributed by atoms with E-state index in [1.54, 1.807) is 26.4 Å². The zero-order chi connectivity index (χ0) is 18.8. The standard InChI is InChI=1S/C20H22N2O5/c1-24-14-6-7-15(18(11-14)25-2)16-4-3-9-22(16)20(23)21-13-5-8-17-19(10-13)27-12-26-17/h5-8,10-11,16H,3-4,9,12H2,1-2H3,(H,21,23). The summed E-state index contributed by atoms with van der Waals surface area (Å²) < 4.78 is 21.5. The molecule has 2 aromatic carbocycles. The molecule has 4 rings (SSSR count). The van der Waals surface area contributed by atoms with Crippen LogP contribution in [0.25, 0.3) is 0 Å². The Morgan fingerprint density at radius 2 is 1.96 bits per heavy atom. The fourth-order valence-corrected chi connectivity index (χ4v) is 3.60. The second-order valence-corrected chi connectivity index (χ2v) is 6.46. The molecule has 0 aliphatic carbocycles. The van der Waals surface area contributed by atoms with Crippen molar-refractivity contribution in [3.63, 3.8) is 0 Å². The van der Waals surface area contributed by atoms with E-state index in [0.717, 1.165) is 29.9 Å². The molecule has 2 aromatic rings. The largest absolute Gasteiger partial charge is 0.497 e. The number of rotatable bonds is 4. The first-order valence-corrected chi connectivity index (χ1v) is 8.89. The van der Waals surface area contributed by atoms with Gasteiger partial charge >= 0.3 is 6.03 Å². The van der Waals surface area contributed by atoms with E-state index < -0.39 is 0 Å². The molecule has 2 aliphatic rings. The highest BCUT2D eigenvalue weighted by molar-refractivity contribution is 5.90. The van der Waals surface area contributed by atoms with E-state index in [1.807, 2.05) is 29.2 Å². The minimum absolute atomic E-state index is 0.0418. The lowest BCUT2D eigenvalue weighted by Crippen LogP contribution is -2.34. The molecule has 0 saturated carbocycles. The van der Waals surface area contributed by atoms with E-state index in [-0.39, 0.29) is 18.9 Å². The molecule has 2 amide bonds. The number of carbonyl (C=O) groups is 1. The molecular formula is C20H22N2O5. The highest BCUT2D eigenvalue weighted by atomic mass is 16.7. The summed E-state index contributed by atoms with van der Waals surface area (Å²) in [5, 5.41) is 2.96. The maximum absolute atomic E-state index is 12.9.